The number of ether oxygens (including phenoxy) is 1. The number of aliphatic hydroxyl groups excluding tert-OH is 1. The molecule has 0 unspecified atom stereocenters. The third-order valence-corrected chi connectivity index (χ3v) is 1.89. The predicted octanol–water partition coefficient (Wildman–Crippen LogP) is 1.14. The van der Waals surface area contributed by atoms with Gasteiger partial charge in [0.2, 0.25) is 0 Å². The second kappa shape index (κ2) is 2.67. The molecule has 0 radical (unpaired) electrons. The molecule has 54 valence electrons. The lowest BCUT2D eigenvalue weighted by Crippen LogP contribution is -2.31. The molecule has 1 saturated heterocycles. The monoisotopic (exact) mass is 130 g/mol. The molecule has 0 spiro atoms. The molecule has 0 aromatic carbocycles. The Kier molecular flexibility index (Phi) is 2.09. The molecule has 1 aliphatic heterocycles. The van der Waals surface area contributed by atoms with Crippen molar-refractivity contribution in [2.24, 2.45) is 5.92 Å². The predicted molar refractivity (Wildman–Crippen MR) is 35.0 cm³/mol. The summed E-state index contributed by atoms with van der Waals surface area (Å²) in [7, 11) is 0. The fourth-order valence-corrected chi connectivity index (χ4v) is 1.08. The van der Waals surface area contributed by atoms with Crippen molar-refractivity contribution in [2.75, 3.05) is 0 Å². The fraction of sp³-hybridized carbons (Fsp3) is 1.00. The summed E-state index contributed by atoms with van der Waals surface area (Å²) in [5, 5.41) is 9.13. The van der Waals surface area contributed by atoms with Crippen molar-refractivity contribution in [1.29, 1.82) is 0 Å². The number of aliphatic hydroxyl groups is 1. The van der Waals surface area contributed by atoms with Gasteiger partial charge < -0.3 is 9.84 Å². The van der Waals surface area contributed by atoms with Gasteiger partial charge in [-0.15, -0.1) is 0 Å². The maximum atomic E-state index is 9.13. The van der Waals surface area contributed by atoms with E-state index in [0.717, 1.165) is 12.8 Å². The van der Waals surface area contributed by atoms with Gasteiger partial charge in [0, 0.05) is 5.92 Å². The zero-order chi connectivity index (χ0) is 6.85. The topological polar surface area (TPSA) is 29.5 Å². The summed E-state index contributed by atoms with van der Waals surface area (Å²) in [6.07, 6.45) is 1.89. The molecule has 1 aliphatic rings. The number of hydrogen-bond donors (Lipinski definition) is 1. The zero-order valence-electron chi connectivity index (χ0n) is 6.00. The molecule has 2 heteroatoms. The van der Waals surface area contributed by atoms with E-state index >= 15 is 0 Å². The van der Waals surface area contributed by atoms with Crippen molar-refractivity contribution in [2.45, 2.75) is 39.1 Å². The Hall–Kier alpha value is -0.0800. The average Bonchev–Trinajstić information content (AvgIpc) is 1.80. The summed E-state index contributed by atoms with van der Waals surface area (Å²) in [5.41, 5.74) is 0. The Bertz CT molecular complexity index is 92.9. The summed E-state index contributed by atoms with van der Waals surface area (Å²) in [4.78, 5) is 0. The second-order valence-corrected chi connectivity index (χ2v) is 2.89. The van der Waals surface area contributed by atoms with Crippen molar-refractivity contribution < 1.29 is 9.84 Å². The highest BCUT2D eigenvalue weighted by Gasteiger charge is 2.23. The first-order chi connectivity index (χ1) is 4.20. The van der Waals surface area contributed by atoms with Gasteiger partial charge in [0.05, 0.1) is 6.10 Å². The molecule has 2 nitrogen and oxygen atoms in total. The van der Waals surface area contributed by atoms with Crippen molar-refractivity contribution in [3.8, 4) is 0 Å². The molecule has 0 bridgehead atoms. The highest BCUT2D eigenvalue weighted by Crippen LogP contribution is 2.22. The van der Waals surface area contributed by atoms with Crippen LogP contribution in [0, 0.1) is 5.92 Å². The highest BCUT2D eigenvalue weighted by atomic mass is 16.6. The van der Waals surface area contributed by atoms with Crippen molar-refractivity contribution in [3.05, 3.63) is 0 Å². The highest BCUT2D eigenvalue weighted by molar-refractivity contribution is 4.66. The van der Waals surface area contributed by atoms with Gasteiger partial charge in [-0.25, -0.2) is 0 Å². The van der Waals surface area contributed by atoms with Crippen molar-refractivity contribution in [1.82, 2.24) is 0 Å². The van der Waals surface area contributed by atoms with Crippen LogP contribution in [0.2, 0.25) is 0 Å². The van der Waals surface area contributed by atoms with Gasteiger partial charge in [0.1, 0.15) is 0 Å². The van der Waals surface area contributed by atoms with Crippen molar-refractivity contribution in [3.63, 3.8) is 0 Å². The second-order valence-electron chi connectivity index (χ2n) is 2.89. The first-order valence-corrected chi connectivity index (χ1v) is 3.53. The van der Waals surface area contributed by atoms with Crippen LogP contribution in [0.4, 0.5) is 0 Å². The van der Waals surface area contributed by atoms with Crippen LogP contribution in [-0.4, -0.2) is 17.5 Å². The zero-order valence-corrected chi connectivity index (χ0v) is 6.00. The Balaban J connectivity index is 2.35. The van der Waals surface area contributed by atoms with Gasteiger partial charge in [0.15, 0.2) is 6.29 Å². The van der Waals surface area contributed by atoms with E-state index in [1.165, 1.54) is 0 Å². The van der Waals surface area contributed by atoms with Gasteiger partial charge in [0.25, 0.3) is 0 Å². The van der Waals surface area contributed by atoms with E-state index in [2.05, 4.69) is 0 Å². The molecule has 0 aliphatic carbocycles. The van der Waals surface area contributed by atoms with Crippen LogP contribution >= 0.6 is 0 Å². The third-order valence-electron chi connectivity index (χ3n) is 1.89. The molecule has 1 fully saturated rings. The van der Waals surface area contributed by atoms with Crippen LogP contribution in [0.5, 0.6) is 0 Å². The van der Waals surface area contributed by atoms with Gasteiger partial charge in [-0.05, 0) is 19.8 Å². The molecular formula is C7H14O2. The minimum Gasteiger partial charge on any atom is -0.368 e. The fourth-order valence-electron chi connectivity index (χ4n) is 1.08. The lowest BCUT2D eigenvalue weighted by Gasteiger charge is -2.29. The smallest absolute Gasteiger partial charge is 0.157 e. The molecule has 1 rings (SSSR count). The van der Waals surface area contributed by atoms with E-state index in [1.54, 1.807) is 0 Å². The first-order valence-electron chi connectivity index (χ1n) is 3.53. The van der Waals surface area contributed by atoms with Crippen LogP contribution in [0.3, 0.4) is 0 Å². The molecular weight excluding hydrogens is 116 g/mol. The average molecular weight is 130 g/mol. The Morgan fingerprint density at radius 3 is 2.44 bits per heavy atom. The Morgan fingerprint density at radius 1 is 1.33 bits per heavy atom. The van der Waals surface area contributed by atoms with E-state index in [9.17, 15) is 0 Å². The molecule has 9 heavy (non-hydrogen) atoms. The van der Waals surface area contributed by atoms with Crippen LogP contribution < -0.4 is 0 Å². The van der Waals surface area contributed by atoms with E-state index in [-0.39, 0.29) is 6.10 Å². The molecule has 0 saturated carbocycles. The van der Waals surface area contributed by atoms with Gasteiger partial charge in [-0.1, -0.05) is 6.92 Å². The largest absolute Gasteiger partial charge is 0.368 e. The lowest BCUT2D eigenvalue weighted by atomic mass is 10.00. The first kappa shape index (κ1) is 7.03. The standard InChI is InChI=1S/C7H14O2/c1-5-3-4-6(2)9-7(5)8/h5-8H,3-4H2,1-2H3/t5-,6+,7+/m0/s1. The minimum atomic E-state index is -0.520. The molecule has 1 N–H and O–H groups in total. The minimum absolute atomic E-state index is 0.246. The van der Waals surface area contributed by atoms with E-state index < -0.39 is 6.29 Å². The summed E-state index contributed by atoms with van der Waals surface area (Å²) in [6.45, 7) is 4.01. The van der Waals surface area contributed by atoms with Crippen molar-refractivity contribution >= 4 is 0 Å². The van der Waals surface area contributed by atoms with Gasteiger partial charge in [-0.3, -0.25) is 0 Å². The molecule has 0 amide bonds. The van der Waals surface area contributed by atoms with Gasteiger partial charge in [-0.2, -0.15) is 0 Å². The summed E-state index contributed by atoms with van der Waals surface area (Å²) in [6, 6.07) is 0. The van der Waals surface area contributed by atoms with E-state index in [1.807, 2.05) is 13.8 Å². The van der Waals surface area contributed by atoms with Crippen LogP contribution in [-0.2, 0) is 4.74 Å². The van der Waals surface area contributed by atoms with Crippen LogP contribution in [0.1, 0.15) is 26.7 Å². The van der Waals surface area contributed by atoms with Crippen LogP contribution in [0.25, 0.3) is 0 Å². The summed E-state index contributed by atoms with van der Waals surface area (Å²) in [5.74, 6) is 0.321. The molecule has 3 atom stereocenters. The van der Waals surface area contributed by atoms with E-state index in [4.69, 9.17) is 9.84 Å². The summed E-state index contributed by atoms with van der Waals surface area (Å²) < 4.78 is 5.15. The normalized spacial score (nSPS) is 45.0. The maximum Gasteiger partial charge on any atom is 0.157 e. The third kappa shape index (κ3) is 1.66. The number of hydrogen-bond acceptors (Lipinski definition) is 2. The molecule has 0 aromatic rings. The SMILES string of the molecule is C[C@@H]1CC[C@H](C)[C@H](O)O1. The van der Waals surface area contributed by atoms with E-state index in [0.29, 0.717) is 5.92 Å². The summed E-state index contributed by atoms with van der Waals surface area (Å²) >= 11 is 0. The lowest BCUT2D eigenvalue weighted by molar-refractivity contribution is -0.184. The Labute approximate surface area is 55.8 Å². The maximum absolute atomic E-state index is 9.13. The molecule has 1 heterocycles. The Morgan fingerprint density at radius 2 is 2.00 bits per heavy atom. The quantitative estimate of drug-likeness (QED) is 0.533. The number of rotatable bonds is 0. The van der Waals surface area contributed by atoms with Gasteiger partial charge >= 0.3 is 0 Å². The van der Waals surface area contributed by atoms with Crippen LogP contribution in [0.15, 0.2) is 0 Å². The molecule has 0 aromatic heterocycles.